The van der Waals surface area contributed by atoms with Gasteiger partial charge in [-0.15, -0.1) is 0 Å². The molecule has 0 saturated carbocycles. The van der Waals surface area contributed by atoms with Gasteiger partial charge in [-0.25, -0.2) is 9.36 Å². The second-order valence-corrected chi connectivity index (χ2v) is 6.28. The van der Waals surface area contributed by atoms with Gasteiger partial charge in [0.1, 0.15) is 12.6 Å². The molecular formula is C23H18NO2+. The first kappa shape index (κ1) is 16.1. The fourth-order valence-electron chi connectivity index (χ4n) is 2.97. The average Bonchev–Trinajstić information content (AvgIpc) is 2.61. The number of aromatic nitrogens is 1. The summed E-state index contributed by atoms with van der Waals surface area (Å²) < 4.78 is 7.54. The summed E-state index contributed by atoms with van der Waals surface area (Å²) in [6, 6.07) is 11.7. The minimum Gasteiger partial charge on any atom is -0.422 e. The number of hydrogen-bond donors (Lipinski definition) is 0. The van der Waals surface area contributed by atoms with E-state index in [2.05, 4.69) is 24.0 Å². The Kier molecular flexibility index (Phi) is 4.25. The third kappa shape index (κ3) is 3.22. The van der Waals surface area contributed by atoms with Crippen LogP contribution in [0.4, 0.5) is 0 Å². The number of allylic oxidation sites excluding steroid dienone is 1. The number of fused-ring (bicyclic) bond motifs is 2. The van der Waals surface area contributed by atoms with E-state index >= 15 is 0 Å². The maximum Gasteiger partial charge on any atom is 0.343 e. The first-order valence-corrected chi connectivity index (χ1v) is 8.61. The third-order valence-corrected chi connectivity index (χ3v) is 4.42. The van der Waals surface area contributed by atoms with Gasteiger partial charge in [0.15, 0.2) is 6.20 Å². The molecule has 0 fully saturated rings. The SMILES string of the molecule is C[n+]1ccccc1/C=C/c1cc2cc3c(cc2oc1=O)C#CCC/C=C\3. The van der Waals surface area contributed by atoms with Gasteiger partial charge in [0.2, 0.25) is 5.69 Å². The fourth-order valence-corrected chi connectivity index (χ4v) is 2.97. The molecule has 0 amide bonds. The van der Waals surface area contributed by atoms with E-state index in [1.165, 1.54) is 0 Å². The highest BCUT2D eigenvalue weighted by Gasteiger charge is 2.08. The lowest BCUT2D eigenvalue weighted by atomic mass is 10.0. The average molecular weight is 340 g/mol. The maximum absolute atomic E-state index is 12.4. The van der Waals surface area contributed by atoms with Crippen molar-refractivity contribution < 1.29 is 8.98 Å². The number of rotatable bonds is 2. The van der Waals surface area contributed by atoms with Crippen LogP contribution in [0.3, 0.4) is 0 Å². The quantitative estimate of drug-likeness (QED) is 0.402. The smallest absolute Gasteiger partial charge is 0.343 e. The normalized spacial score (nSPS) is 14.3. The van der Waals surface area contributed by atoms with Crippen LogP contribution in [0, 0.1) is 11.8 Å². The van der Waals surface area contributed by atoms with E-state index in [0.717, 1.165) is 35.0 Å². The molecule has 0 N–H and O–H groups in total. The molecule has 2 heterocycles. The van der Waals surface area contributed by atoms with Gasteiger partial charge in [0.05, 0.1) is 5.56 Å². The van der Waals surface area contributed by atoms with Crippen molar-refractivity contribution in [3.05, 3.63) is 81.5 Å². The first-order valence-electron chi connectivity index (χ1n) is 8.61. The van der Waals surface area contributed by atoms with Crippen molar-refractivity contribution >= 4 is 29.2 Å². The molecule has 0 aliphatic heterocycles. The number of nitrogens with zero attached hydrogens (tertiary/aromatic N) is 1. The predicted molar refractivity (Wildman–Crippen MR) is 104 cm³/mol. The van der Waals surface area contributed by atoms with E-state index in [-0.39, 0.29) is 5.63 Å². The van der Waals surface area contributed by atoms with E-state index in [1.54, 1.807) is 6.08 Å². The molecule has 0 atom stereocenters. The summed E-state index contributed by atoms with van der Waals surface area (Å²) in [4.78, 5) is 12.4. The lowest BCUT2D eigenvalue weighted by molar-refractivity contribution is -0.673. The second kappa shape index (κ2) is 6.85. The molecule has 0 radical (unpaired) electrons. The second-order valence-electron chi connectivity index (χ2n) is 6.28. The van der Waals surface area contributed by atoms with E-state index in [9.17, 15) is 4.79 Å². The number of benzene rings is 1. The number of hydrogen-bond acceptors (Lipinski definition) is 2. The monoisotopic (exact) mass is 340 g/mol. The van der Waals surface area contributed by atoms with Crippen LogP contribution in [0.15, 0.2) is 57.9 Å². The van der Waals surface area contributed by atoms with Crippen molar-refractivity contribution in [2.45, 2.75) is 12.8 Å². The summed E-state index contributed by atoms with van der Waals surface area (Å²) in [6.45, 7) is 0. The zero-order chi connectivity index (χ0) is 17.9. The van der Waals surface area contributed by atoms with Crippen molar-refractivity contribution in [3.63, 3.8) is 0 Å². The Hall–Kier alpha value is -3.38. The van der Waals surface area contributed by atoms with E-state index in [1.807, 2.05) is 60.3 Å². The first-order chi connectivity index (χ1) is 12.7. The summed E-state index contributed by atoms with van der Waals surface area (Å²) in [5.41, 5.74) is 3.71. The van der Waals surface area contributed by atoms with Crippen LogP contribution in [0.2, 0.25) is 0 Å². The van der Waals surface area contributed by atoms with Crippen LogP contribution >= 0.6 is 0 Å². The van der Waals surface area contributed by atoms with Crippen molar-refractivity contribution in [2.75, 3.05) is 0 Å². The van der Waals surface area contributed by atoms with Crippen LogP contribution in [0.25, 0.3) is 29.2 Å². The highest BCUT2D eigenvalue weighted by Crippen LogP contribution is 2.22. The molecule has 1 aliphatic rings. The van der Waals surface area contributed by atoms with Crippen LogP contribution < -0.4 is 10.2 Å². The molecular weight excluding hydrogens is 322 g/mol. The summed E-state index contributed by atoms with van der Waals surface area (Å²) in [5.74, 6) is 6.31. The predicted octanol–water partition coefficient (Wildman–Crippen LogP) is 3.95. The van der Waals surface area contributed by atoms with Gasteiger partial charge >= 0.3 is 5.63 Å². The van der Waals surface area contributed by atoms with Crippen molar-refractivity contribution in [1.29, 1.82) is 0 Å². The molecule has 0 saturated heterocycles. The van der Waals surface area contributed by atoms with Gasteiger partial charge in [0, 0.05) is 35.6 Å². The van der Waals surface area contributed by atoms with E-state index in [0.29, 0.717) is 11.1 Å². The highest BCUT2D eigenvalue weighted by molar-refractivity contribution is 5.85. The Balaban J connectivity index is 1.80. The number of aryl methyl sites for hydroxylation is 1. The van der Waals surface area contributed by atoms with E-state index in [4.69, 9.17) is 4.42 Å². The zero-order valence-electron chi connectivity index (χ0n) is 14.5. The largest absolute Gasteiger partial charge is 0.422 e. The van der Waals surface area contributed by atoms with Crippen molar-refractivity contribution in [3.8, 4) is 11.8 Å². The van der Waals surface area contributed by atoms with Crippen molar-refractivity contribution in [2.24, 2.45) is 7.05 Å². The standard InChI is InChI=1S/C23H18NO2/c1-24-13-7-6-10-21(24)12-11-19-15-20-14-17-8-4-2-3-5-9-18(17)16-22(20)26-23(19)25/h4,6-8,10-16H,2-3H2,1H3/q+1/b8-4-,12-11+. The van der Waals surface area contributed by atoms with Crippen LogP contribution in [0.5, 0.6) is 0 Å². The molecule has 0 unspecified atom stereocenters. The molecule has 2 aromatic heterocycles. The van der Waals surface area contributed by atoms with Crippen LogP contribution in [-0.2, 0) is 7.05 Å². The summed E-state index contributed by atoms with van der Waals surface area (Å²) in [7, 11) is 1.97. The molecule has 1 aliphatic carbocycles. The topological polar surface area (TPSA) is 34.1 Å². The molecule has 3 nitrogen and oxygen atoms in total. The Bertz CT molecular complexity index is 1170. The fraction of sp³-hybridized carbons (Fsp3) is 0.130. The van der Waals surface area contributed by atoms with Gasteiger partial charge in [0.25, 0.3) is 0 Å². The molecule has 3 heteroatoms. The van der Waals surface area contributed by atoms with Gasteiger partial charge < -0.3 is 4.42 Å². The molecule has 0 spiro atoms. The summed E-state index contributed by atoms with van der Waals surface area (Å²) in [6.07, 6.45) is 11.7. The number of pyridine rings is 1. The van der Waals surface area contributed by atoms with Crippen LogP contribution in [-0.4, -0.2) is 0 Å². The van der Waals surface area contributed by atoms with Gasteiger partial charge in [-0.2, -0.15) is 0 Å². The van der Waals surface area contributed by atoms with Gasteiger partial charge in [-0.3, -0.25) is 0 Å². The maximum atomic E-state index is 12.4. The summed E-state index contributed by atoms with van der Waals surface area (Å²) >= 11 is 0. The molecule has 126 valence electrons. The minimum absolute atomic E-state index is 0.346. The zero-order valence-corrected chi connectivity index (χ0v) is 14.5. The van der Waals surface area contributed by atoms with Gasteiger partial charge in [-0.05, 0) is 42.3 Å². The lowest BCUT2D eigenvalue weighted by Crippen LogP contribution is -2.30. The Morgan fingerprint density at radius 3 is 3.00 bits per heavy atom. The minimum atomic E-state index is -0.346. The Morgan fingerprint density at radius 2 is 2.12 bits per heavy atom. The molecule has 26 heavy (non-hydrogen) atoms. The highest BCUT2D eigenvalue weighted by atomic mass is 16.4. The third-order valence-electron chi connectivity index (χ3n) is 4.42. The van der Waals surface area contributed by atoms with Crippen LogP contribution in [0.1, 0.15) is 35.2 Å². The van der Waals surface area contributed by atoms with Crippen molar-refractivity contribution in [1.82, 2.24) is 0 Å². The van der Waals surface area contributed by atoms with E-state index < -0.39 is 0 Å². The summed E-state index contributed by atoms with van der Waals surface area (Å²) in [5, 5.41) is 0.896. The molecule has 4 rings (SSSR count). The molecule has 1 aromatic carbocycles. The Labute approximate surface area is 151 Å². The lowest BCUT2D eigenvalue weighted by Gasteiger charge is -2.05. The molecule has 3 aromatic rings. The Morgan fingerprint density at radius 1 is 1.19 bits per heavy atom. The van der Waals surface area contributed by atoms with Gasteiger partial charge in [-0.1, -0.05) is 24.0 Å². The molecule has 0 bridgehead atoms.